The summed E-state index contributed by atoms with van der Waals surface area (Å²) in [6, 6.07) is 8.10. The van der Waals surface area contributed by atoms with Crippen LogP contribution in [0.15, 0.2) is 18.2 Å². The van der Waals surface area contributed by atoms with Crippen LogP contribution in [-0.2, 0) is 11.3 Å². The zero-order chi connectivity index (χ0) is 13.4. The molecular weight excluding hydrogens is 228 g/mol. The molecule has 0 bridgehead atoms. The van der Waals surface area contributed by atoms with Crippen LogP contribution in [0.2, 0.25) is 0 Å². The molecule has 0 saturated heterocycles. The molecule has 0 aliphatic rings. The van der Waals surface area contributed by atoms with Crippen molar-refractivity contribution in [3.8, 4) is 6.07 Å². The second-order valence-electron chi connectivity index (χ2n) is 4.16. The lowest BCUT2D eigenvalue weighted by atomic mass is 10.1. The Kier molecular flexibility index (Phi) is 6.20. The van der Waals surface area contributed by atoms with Gasteiger partial charge >= 0.3 is 0 Å². The molecule has 1 aromatic rings. The van der Waals surface area contributed by atoms with Crippen molar-refractivity contribution < 1.29 is 9.84 Å². The van der Waals surface area contributed by atoms with Crippen LogP contribution in [0.5, 0.6) is 0 Å². The lowest BCUT2D eigenvalue weighted by Gasteiger charge is -2.24. The highest BCUT2D eigenvalue weighted by Crippen LogP contribution is 2.19. The highest BCUT2D eigenvalue weighted by molar-refractivity contribution is 5.50. The van der Waals surface area contributed by atoms with E-state index in [1.54, 1.807) is 7.11 Å². The second kappa shape index (κ2) is 7.70. The molecule has 0 spiro atoms. The van der Waals surface area contributed by atoms with E-state index in [0.717, 1.165) is 23.4 Å². The number of hydrogen-bond donors (Lipinski definition) is 1. The van der Waals surface area contributed by atoms with E-state index in [2.05, 4.69) is 11.0 Å². The minimum atomic E-state index is 0.0579. The van der Waals surface area contributed by atoms with Crippen LogP contribution in [0.1, 0.15) is 17.5 Å². The third-order valence-corrected chi connectivity index (χ3v) is 2.92. The van der Waals surface area contributed by atoms with Gasteiger partial charge in [0.05, 0.1) is 25.7 Å². The summed E-state index contributed by atoms with van der Waals surface area (Å²) in [5.41, 5.74) is 3.07. The Hall–Kier alpha value is -1.57. The van der Waals surface area contributed by atoms with Crippen LogP contribution in [0, 0.1) is 18.3 Å². The van der Waals surface area contributed by atoms with Crippen LogP contribution in [0.25, 0.3) is 0 Å². The molecule has 1 aromatic carbocycles. The molecule has 0 unspecified atom stereocenters. The van der Waals surface area contributed by atoms with Gasteiger partial charge in [-0.15, -0.1) is 0 Å². The topological polar surface area (TPSA) is 56.5 Å². The summed E-state index contributed by atoms with van der Waals surface area (Å²) in [7, 11) is 1.67. The Labute approximate surface area is 108 Å². The number of nitrogens with zero attached hydrogens (tertiary/aromatic N) is 2. The maximum absolute atomic E-state index is 9.15. The minimum Gasteiger partial charge on any atom is -0.392 e. The largest absolute Gasteiger partial charge is 0.392 e. The van der Waals surface area contributed by atoms with Crippen molar-refractivity contribution in [1.82, 2.24) is 0 Å². The summed E-state index contributed by atoms with van der Waals surface area (Å²) in [5, 5.41) is 17.8. The Balaban J connectivity index is 2.83. The average Bonchev–Trinajstić information content (AvgIpc) is 2.39. The van der Waals surface area contributed by atoms with Crippen molar-refractivity contribution in [2.75, 3.05) is 31.7 Å². The van der Waals surface area contributed by atoms with Crippen LogP contribution >= 0.6 is 0 Å². The normalized spacial score (nSPS) is 10.1. The van der Waals surface area contributed by atoms with E-state index in [0.29, 0.717) is 19.6 Å². The van der Waals surface area contributed by atoms with Gasteiger partial charge in [0.2, 0.25) is 0 Å². The Morgan fingerprint density at radius 2 is 2.17 bits per heavy atom. The number of aliphatic hydroxyl groups is 1. The molecule has 1 rings (SSSR count). The van der Waals surface area contributed by atoms with Crippen LogP contribution in [-0.4, -0.2) is 31.9 Å². The number of benzene rings is 1. The molecule has 0 amide bonds. The third-order valence-electron chi connectivity index (χ3n) is 2.92. The summed E-state index contributed by atoms with van der Waals surface area (Å²) in [6.45, 7) is 4.12. The molecule has 0 radical (unpaired) electrons. The molecule has 98 valence electrons. The van der Waals surface area contributed by atoms with E-state index in [-0.39, 0.29) is 6.61 Å². The summed E-state index contributed by atoms with van der Waals surface area (Å²) in [4.78, 5) is 2.13. The van der Waals surface area contributed by atoms with Gasteiger partial charge in [0.1, 0.15) is 0 Å². The maximum atomic E-state index is 9.15. The van der Waals surface area contributed by atoms with Gasteiger partial charge in [-0.2, -0.15) is 5.26 Å². The summed E-state index contributed by atoms with van der Waals surface area (Å²) >= 11 is 0. The first-order valence-corrected chi connectivity index (χ1v) is 6.04. The van der Waals surface area contributed by atoms with Gasteiger partial charge in [0, 0.05) is 25.9 Å². The number of anilines is 1. The number of methoxy groups -OCH3 is 1. The van der Waals surface area contributed by atoms with Gasteiger partial charge in [0.25, 0.3) is 0 Å². The van der Waals surface area contributed by atoms with Gasteiger partial charge in [0.15, 0.2) is 0 Å². The number of ether oxygens (including phenoxy) is 1. The molecule has 0 atom stereocenters. The van der Waals surface area contributed by atoms with E-state index in [1.807, 2.05) is 25.1 Å². The zero-order valence-electron chi connectivity index (χ0n) is 11.0. The fraction of sp³-hybridized carbons (Fsp3) is 0.500. The van der Waals surface area contributed by atoms with Crippen molar-refractivity contribution in [3.63, 3.8) is 0 Å². The van der Waals surface area contributed by atoms with Gasteiger partial charge in [-0.1, -0.05) is 6.07 Å². The van der Waals surface area contributed by atoms with Crippen molar-refractivity contribution in [2.45, 2.75) is 20.0 Å². The van der Waals surface area contributed by atoms with Crippen LogP contribution < -0.4 is 4.90 Å². The molecule has 0 aromatic heterocycles. The monoisotopic (exact) mass is 248 g/mol. The molecule has 0 saturated carbocycles. The number of rotatable bonds is 7. The zero-order valence-corrected chi connectivity index (χ0v) is 11.0. The lowest BCUT2D eigenvalue weighted by molar-refractivity contribution is 0.205. The fourth-order valence-electron chi connectivity index (χ4n) is 1.81. The number of aryl methyl sites for hydroxylation is 1. The van der Waals surface area contributed by atoms with Crippen LogP contribution in [0.3, 0.4) is 0 Å². The second-order valence-corrected chi connectivity index (χ2v) is 4.16. The van der Waals surface area contributed by atoms with Crippen molar-refractivity contribution >= 4 is 5.69 Å². The number of nitriles is 1. The first-order chi connectivity index (χ1) is 8.72. The molecule has 4 nitrogen and oxygen atoms in total. The Morgan fingerprint density at radius 3 is 2.72 bits per heavy atom. The Bertz CT molecular complexity index is 413. The highest BCUT2D eigenvalue weighted by atomic mass is 16.5. The van der Waals surface area contributed by atoms with E-state index in [9.17, 15) is 0 Å². The molecule has 0 heterocycles. The predicted octanol–water partition coefficient (Wildman–Crippen LogP) is 1.85. The van der Waals surface area contributed by atoms with Crippen LogP contribution in [0.4, 0.5) is 5.69 Å². The summed E-state index contributed by atoms with van der Waals surface area (Å²) < 4.78 is 5.08. The van der Waals surface area contributed by atoms with E-state index < -0.39 is 0 Å². The average molecular weight is 248 g/mol. The van der Waals surface area contributed by atoms with E-state index >= 15 is 0 Å². The molecule has 1 N–H and O–H groups in total. The number of hydrogen-bond acceptors (Lipinski definition) is 4. The molecule has 0 fully saturated rings. The van der Waals surface area contributed by atoms with Gasteiger partial charge in [-0.05, 0) is 30.2 Å². The third kappa shape index (κ3) is 4.02. The van der Waals surface area contributed by atoms with Gasteiger partial charge in [-0.25, -0.2) is 0 Å². The van der Waals surface area contributed by atoms with Gasteiger partial charge in [-0.3, -0.25) is 0 Å². The first kappa shape index (κ1) is 14.5. The summed E-state index contributed by atoms with van der Waals surface area (Å²) in [6.07, 6.45) is 0.491. The minimum absolute atomic E-state index is 0.0579. The van der Waals surface area contributed by atoms with Crippen molar-refractivity contribution in [1.29, 1.82) is 5.26 Å². The van der Waals surface area contributed by atoms with E-state index in [4.69, 9.17) is 15.1 Å². The summed E-state index contributed by atoms with van der Waals surface area (Å²) in [5.74, 6) is 0. The predicted molar refractivity (Wildman–Crippen MR) is 71.4 cm³/mol. The molecule has 0 aliphatic heterocycles. The molecular formula is C14H20N2O2. The lowest BCUT2D eigenvalue weighted by Crippen LogP contribution is -2.28. The van der Waals surface area contributed by atoms with Crippen molar-refractivity contribution in [2.24, 2.45) is 0 Å². The molecule has 18 heavy (non-hydrogen) atoms. The molecule has 0 aliphatic carbocycles. The molecule has 4 heteroatoms. The standard InChI is InChI=1S/C14H20N2O2/c1-12-10-14(5-4-13(12)11-17)16(7-3-6-15)8-9-18-2/h4-5,10,17H,3,7-9,11H2,1-2H3. The SMILES string of the molecule is COCCN(CCC#N)c1ccc(CO)c(C)c1. The number of aliphatic hydroxyl groups excluding tert-OH is 1. The maximum Gasteiger partial charge on any atom is 0.0684 e. The first-order valence-electron chi connectivity index (χ1n) is 6.04. The quantitative estimate of drug-likeness (QED) is 0.800. The van der Waals surface area contributed by atoms with Gasteiger partial charge < -0.3 is 14.7 Å². The van der Waals surface area contributed by atoms with Crippen molar-refractivity contribution in [3.05, 3.63) is 29.3 Å². The highest BCUT2D eigenvalue weighted by Gasteiger charge is 2.07. The fourth-order valence-corrected chi connectivity index (χ4v) is 1.81. The smallest absolute Gasteiger partial charge is 0.0684 e. The van der Waals surface area contributed by atoms with E-state index in [1.165, 1.54) is 0 Å². The Morgan fingerprint density at radius 1 is 1.39 bits per heavy atom.